The Morgan fingerprint density at radius 2 is 2.05 bits per heavy atom. The molecule has 1 unspecified atom stereocenters. The quantitative estimate of drug-likeness (QED) is 0.800. The van der Waals surface area contributed by atoms with Crippen LogP contribution < -0.4 is 5.32 Å². The summed E-state index contributed by atoms with van der Waals surface area (Å²) in [6.45, 7) is 6.76. The average Bonchev–Trinajstić information content (AvgIpc) is 2.98. The molecule has 0 amide bonds. The Labute approximate surface area is 124 Å². The number of hydrogen-bond acceptors (Lipinski definition) is 4. The van der Waals surface area contributed by atoms with Crippen LogP contribution in [0, 0.1) is 13.8 Å². The van der Waals surface area contributed by atoms with Gasteiger partial charge in [0.25, 0.3) is 0 Å². The molecule has 1 aromatic carbocycles. The van der Waals surface area contributed by atoms with Crippen molar-refractivity contribution in [3.63, 3.8) is 0 Å². The molecule has 1 atom stereocenters. The van der Waals surface area contributed by atoms with Crippen LogP contribution in [0.1, 0.15) is 35.8 Å². The summed E-state index contributed by atoms with van der Waals surface area (Å²) in [7, 11) is 2.05. The Kier molecular flexibility index (Phi) is 3.51. The second-order valence-electron chi connectivity index (χ2n) is 5.42. The second kappa shape index (κ2) is 5.33. The minimum atomic E-state index is 0.149. The maximum absolute atomic E-state index is 5.19. The summed E-state index contributed by atoms with van der Waals surface area (Å²) in [6.07, 6.45) is 0. The van der Waals surface area contributed by atoms with E-state index in [1.54, 1.807) is 0 Å². The molecule has 0 aliphatic carbocycles. The highest BCUT2D eigenvalue weighted by molar-refractivity contribution is 5.75. The van der Waals surface area contributed by atoms with Crippen molar-refractivity contribution in [3.8, 4) is 0 Å². The van der Waals surface area contributed by atoms with Crippen LogP contribution in [-0.4, -0.2) is 14.7 Å². The van der Waals surface area contributed by atoms with Crippen LogP contribution in [0.25, 0.3) is 11.0 Å². The molecule has 3 aromatic rings. The monoisotopic (exact) mass is 284 g/mol. The average molecular weight is 284 g/mol. The molecule has 0 aliphatic heterocycles. The molecule has 5 heteroatoms. The number of aryl methyl sites for hydroxylation is 3. The number of aromatic nitrogens is 3. The van der Waals surface area contributed by atoms with Gasteiger partial charge < -0.3 is 14.4 Å². The summed E-state index contributed by atoms with van der Waals surface area (Å²) in [5, 5.41) is 7.48. The number of nitrogens with one attached hydrogen (secondary N) is 1. The van der Waals surface area contributed by atoms with Gasteiger partial charge in [0.2, 0.25) is 0 Å². The molecule has 0 spiro atoms. The summed E-state index contributed by atoms with van der Waals surface area (Å²) in [5.41, 5.74) is 4.25. The van der Waals surface area contributed by atoms with Gasteiger partial charge in [-0.2, -0.15) is 0 Å². The molecule has 0 radical (unpaired) electrons. The summed E-state index contributed by atoms with van der Waals surface area (Å²) < 4.78 is 7.33. The van der Waals surface area contributed by atoms with Gasteiger partial charge in [0.05, 0.1) is 22.8 Å². The summed E-state index contributed by atoms with van der Waals surface area (Å²) in [5.74, 6) is 1.90. The molecule has 0 bridgehead atoms. The third-order valence-corrected chi connectivity index (χ3v) is 3.98. The molecule has 2 aromatic heterocycles. The number of benzene rings is 1. The fraction of sp³-hybridized carbons (Fsp3) is 0.375. The minimum Gasteiger partial charge on any atom is -0.361 e. The van der Waals surface area contributed by atoms with Crippen molar-refractivity contribution in [2.75, 3.05) is 0 Å². The van der Waals surface area contributed by atoms with E-state index in [0.29, 0.717) is 0 Å². The Bertz CT molecular complexity index is 752. The SMILES string of the molecule is Cc1noc(C)c1CNC(C)c1nc2ccccc2n1C. The van der Waals surface area contributed by atoms with Crippen LogP contribution in [0.5, 0.6) is 0 Å². The van der Waals surface area contributed by atoms with E-state index < -0.39 is 0 Å². The number of hydrogen-bond donors (Lipinski definition) is 1. The maximum Gasteiger partial charge on any atom is 0.138 e. The zero-order valence-electron chi connectivity index (χ0n) is 12.8. The molecule has 0 aliphatic rings. The van der Waals surface area contributed by atoms with Crippen LogP contribution in [0.15, 0.2) is 28.8 Å². The van der Waals surface area contributed by atoms with Crippen LogP contribution in [0.4, 0.5) is 0 Å². The van der Waals surface area contributed by atoms with Crippen molar-refractivity contribution in [1.29, 1.82) is 0 Å². The van der Waals surface area contributed by atoms with E-state index in [4.69, 9.17) is 9.51 Å². The van der Waals surface area contributed by atoms with Gasteiger partial charge in [0.1, 0.15) is 11.6 Å². The van der Waals surface area contributed by atoms with Gasteiger partial charge in [-0.25, -0.2) is 4.98 Å². The molecular weight excluding hydrogens is 264 g/mol. The van der Waals surface area contributed by atoms with Gasteiger partial charge in [-0.15, -0.1) is 0 Å². The standard InChI is InChI=1S/C16H20N4O/c1-10-13(12(3)21-19-10)9-17-11(2)16-18-14-7-5-6-8-15(14)20(16)4/h5-8,11,17H,9H2,1-4H3. The van der Waals surface area contributed by atoms with E-state index in [1.165, 1.54) is 0 Å². The number of rotatable bonds is 4. The number of para-hydroxylation sites is 2. The van der Waals surface area contributed by atoms with Gasteiger partial charge in [0.15, 0.2) is 0 Å². The van der Waals surface area contributed by atoms with Gasteiger partial charge in [-0.05, 0) is 32.9 Å². The molecule has 0 saturated heterocycles. The third kappa shape index (κ3) is 2.45. The number of fused-ring (bicyclic) bond motifs is 1. The fourth-order valence-corrected chi connectivity index (χ4v) is 2.65. The largest absolute Gasteiger partial charge is 0.361 e. The molecule has 2 heterocycles. The summed E-state index contributed by atoms with van der Waals surface area (Å²) in [4.78, 5) is 4.72. The Hall–Kier alpha value is -2.14. The first-order valence-electron chi connectivity index (χ1n) is 7.14. The Balaban J connectivity index is 1.81. The molecule has 0 saturated carbocycles. The lowest BCUT2D eigenvalue weighted by atomic mass is 10.2. The van der Waals surface area contributed by atoms with E-state index in [9.17, 15) is 0 Å². The zero-order chi connectivity index (χ0) is 15.0. The molecule has 21 heavy (non-hydrogen) atoms. The van der Waals surface area contributed by atoms with E-state index >= 15 is 0 Å². The normalized spacial score (nSPS) is 13.0. The Morgan fingerprint density at radius 1 is 1.29 bits per heavy atom. The first-order valence-corrected chi connectivity index (χ1v) is 7.14. The van der Waals surface area contributed by atoms with Crippen LogP contribution >= 0.6 is 0 Å². The molecular formula is C16H20N4O. The first kappa shape index (κ1) is 13.8. The summed E-state index contributed by atoms with van der Waals surface area (Å²) >= 11 is 0. The van der Waals surface area contributed by atoms with E-state index in [1.807, 2.05) is 32.0 Å². The van der Waals surface area contributed by atoms with Crippen molar-refractivity contribution in [2.24, 2.45) is 7.05 Å². The van der Waals surface area contributed by atoms with Gasteiger partial charge >= 0.3 is 0 Å². The van der Waals surface area contributed by atoms with Crippen LogP contribution in [-0.2, 0) is 13.6 Å². The van der Waals surface area contributed by atoms with E-state index in [0.717, 1.165) is 40.4 Å². The van der Waals surface area contributed by atoms with Crippen molar-refractivity contribution >= 4 is 11.0 Å². The van der Waals surface area contributed by atoms with Crippen LogP contribution in [0.3, 0.4) is 0 Å². The van der Waals surface area contributed by atoms with Crippen molar-refractivity contribution < 1.29 is 4.52 Å². The molecule has 5 nitrogen and oxygen atoms in total. The fourth-order valence-electron chi connectivity index (χ4n) is 2.65. The maximum atomic E-state index is 5.19. The van der Waals surface area contributed by atoms with Crippen molar-refractivity contribution in [3.05, 3.63) is 47.1 Å². The van der Waals surface area contributed by atoms with Crippen molar-refractivity contribution in [2.45, 2.75) is 33.4 Å². The molecule has 110 valence electrons. The lowest BCUT2D eigenvalue weighted by Gasteiger charge is -2.13. The number of nitrogens with zero attached hydrogens (tertiary/aromatic N) is 3. The highest BCUT2D eigenvalue weighted by Crippen LogP contribution is 2.20. The zero-order valence-corrected chi connectivity index (χ0v) is 12.8. The molecule has 1 N–H and O–H groups in total. The first-order chi connectivity index (χ1) is 10.1. The van der Waals surface area contributed by atoms with E-state index in [2.05, 4.69) is 35.1 Å². The minimum absolute atomic E-state index is 0.149. The third-order valence-electron chi connectivity index (χ3n) is 3.98. The van der Waals surface area contributed by atoms with E-state index in [-0.39, 0.29) is 6.04 Å². The Morgan fingerprint density at radius 3 is 2.71 bits per heavy atom. The predicted octanol–water partition coefficient (Wildman–Crippen LogP) is 3.03. The predicted molar refractivity (Wildman–Crippen MR) is 81.9 cm³/mol. The lowest BCUT2D eigenvalue weighted by Crippen LogP contribution is -2.21. The van der Waals surface area contributed by atoms with Gasteiger partial charge in [-0.3, -0.25) is 0 Å². The number of imidazole rings is 1. The van der Waals surface area contributed by atoms with Gasteiger partial charge in [0, 0.05) is 19.2 Å². The molecule has 0 fully saturated rings. The topological polar surface area (TPSA) is 55.9 Å². The molecule has 3 rings (SSSR count). The van der Waals surface area contributed by atoms with Gasteiger partial charge in [-0.1, -0.05) is 17.3 Å². The highest BCUT2D eigenvalue weighted by Gasteiger charge is 2.15. The van der Waals surface area contributed by atoms with Crippen molar-refractivity contribution in [1.82, 2.24) is 20.0 Å². The smallest absolute Gasteiger partial charge is 0.138 e. The van der Waals surface area contributed by atoms with Crippen LogP contribution in [0.2, 0.25) is 0 Å². The lowest BCUT2D eigenvalue weighted by molar-refractivity contribution is 0.391. The summed E-state index contributed by atoms with van der Waals surface area (Å²) in [6, 6.07) is 8.33. The highest BCUT2D eigenvalue weighted by atomic mass is 16.5. The second-order valence-corrected chi connectivity index (χ2v) is 5.42.